The first-order chi connectivity index (χ1) is 12.1. The highest BCUT2D eigenvalue weighted by Crippen LogP contribution is 2.24. The molecule has 1 unspecified atom stereocenters. The standard InChI is InChI=1S/C20H28N4S/c1-13(17-10-9-16-7-5-6-8-18(16)11-17)24-20(21-4)22-12-19-14(2)23-15(3)25-19/h9-11,13H,5-8,12H2,1-4H3,(H2,21,22,24). The molecule has 0 fully saturated rings. The van der Waals surface area contributed by atoms with E-state index in [4.69, 9.17) is 0 Å². The van der Waals surface area contributed by atoms with Crippen molar-refractivity contribution in [3.05, 3.63) is 50.5 Å². The van der Waals surface area contributed by atoms with Crippen molar-refractivity contribution in [1.82, 2.24) is 15.6 Å². The van der Waals surface area contributed by atoms with Crippen LogP contribution in [-0.4, -0.2) is 18.0 Å². The minimum atomic E-state index is 0.225. The summed E-state index contributed by atoms with van der Waals surface area (Å²) in [6, 6.07) is 7.16. The number of rotatable bonds is 4. The summed E-state index contributed by atoms with van der Waals surface area (Å²) in [6.45, 7) is 7.06. The molecule has 0 saturated heterocycles. The highest BCUT2D eigenvalue weighted by atomic mass is 32.1. The molecule has 1 aromatic heterocycles. The number of nitrogens with zero attached hydrogens (tertiary/aromatic N) is 2. The Kier molecular flexibility index (Phi) is 5.74. The van der Waals surface area contributed by atoms with Gasteiger partial charge < -0.3 is 10.6 Å². The maximum atomic E-state index is 4.48. The molecular weight excluding hydrogens is 328 g/mol. The Hall–Kier alpha value is -1.88. The molecule has 0 bridgehead atoms. The zero-order valence-corrected chi connectivity index (χ0v) is 16.5. The lowest BCUT2D eigenvalue weighted by molar-refractivity contribution is 0.665. The third-order valence-corrected chi connectivity index (χ3v) is 5.94. The van der Waals surface area contributed by atoms with Crippen molar-refractivity contribution in [2.24, 2.45) is 4.99 Å². The second-order valence-corrected chi connectivity index (χ2v) is 8.06. The molecule has 0 aliphatic heterocycles. The van der Waals surface area contributed by atoms with E-state index in [0.29, 0.717) is 0 Å². The minimum Gasteiger partial charge on any atom is -0.351 e. The van der Waals surface area contributed by atoms with Crippen molar-refractivity contribution < 1.29 is 0 Å². The SMILES string of the molecule is CN=C(NCc1sc(C)nc1C)NC(C)c1ccc2c(c1)CCCC2. The normalized spacial score (nSPS) is 15.6. The van der Waals surface area contributed by atoms with E-state index in [1.165, 1.54) is 47.3 Å². The van der Waals surface area contributed by atoms with Gasteiger partial charge in [-0.15, -0.1) is 11.3 Å². The number of hydrogen-bond acceptors (Lipinski definition) is 3. The monoisotopic (exact) mass is 356 g/mol. The van der Waals surface area contributed by atoms with Gasteiger partial charge in [0.1, 0.15) is 0 Å². The van der Waals surface area contributed by atoms with E-state index in [2.05, 4.69) is 52.7 Å². The van der Waals surface area contributed by atoms with Crippen molar-refractivity contribution in [3.8, 4) is 0 Å². The predicted molar refractivity (Wildman–Crippen MR) is 106 cm³/mol. The molecule has 0 spiro atoms. The van der Waals surface area contributed by atoms with Gasteiger partial charge in [0.05, 0.1) is 23.3 Å². The first-order valence-corrected chi connectivity index (χ1v) is 9.90. The Bertz CT molecular complexity index is 763. The van der Waals surface area contributed by atoms with Crippen LogP contribution in [0.25, 0.3) is 0 Å². The Morgan fingerprint density at radius 2 is 2.00 bits per heavy atom. The number of aryl methyl sites for hydroxylation is 4. The minimum absolute atomic E-state index is 0.225. The lowest BCUT2D eigenvalue weighted by Crippen LogP contribution is -2.38. The lowest BCUT2D eigenvalue weighted by atomic mass is 9.89. The van der Waals surface area contributed by atoms with Crippen LogP contribution in [0.5, 0.6) is 0 Å². The van der Waals surface area contributed by atoms with E-state index in [9.17, 15) is 0 Å². The van der Waals surface area contributed by atoms with Gasteiger partial charge in [0.25, 0.3) is 0 Å². The molecule has 0 radical (unpaired) electrons. The van der Waals surface area contributed by atoms with Gasteiger partial charge in [0.15, 0.2) is 5.96 Å². The molecule has 1 aliphatic rings. The molecule has 2 N–H and O–H groups in total. The summed E-state index contributed by atoms with van der Waals surface area (Å²) in [6.07, 6.45) is 5.09. The van der Waals surface area contributed by atoms with Crippen molar-refractivity contribution in [1.29, 1.82) is 0 Å². The topological polar surface area (TPSA) is 49.3 Å². The van der Waals surface area contributed by atoms with E-state index in [1.807, 2.05) is 14.0 Å². The van der Waals surface area contributed by atoms with Gasteiger partial charge in [-0.05, 0) is 63.1 Å². The number of thiazole rings is 1. The van der Waals surface area contributed by atoms with E-state index in [-0.39, 0.29) is 6.04 Å². The molecule has 0 amide bonds. The molecule has 2 aromatic rings. The summed E-state index contributed by atoms with van der Waals surface area (Å²) < 4.78 is 0. The van der Waals surface area contributed by atoms with Crippen LogP contribution >= 0.6 is 11.3 Å². The average Bonchev–Trinajstić information content (AvgIpc) is 2.95. The summed E-state index contributed by atoms with van der Waals surface area (Å²) in [5.74, 6) is 0.829. The zero-order chi connectivity index (χ0) is 17.8. The van der Waals surface area contributed by atoms with Crippen LogP contribution in [0.4, 0.5) is 0 Å². The van der Waals surface area contributed by atoms with Gasteiger partial charge >= 0.3 is 0 Å². The fraction of sp³-hybridized carbons (Fsp3) is 0.500. The fourth-order valence-electron chi connectivity index (χ4n) is 3.41. The van der Waals surface area contributed by atoms with Gasteiger partial charge in [-0.3, -0.25) is 4.99 Å². The lowest BCUT2D eigenvalue weighted by Gasteiger charge is -2.21. The molecule has 1 aromatic carbocycles. The van der Waals surface area contributed by atoms with Crippen LogP contribution in [0.1, 0.15) is 58.1 Å². The van der Waals surface area contributed by atoms with Gasteiger partial charge in [0, 0.05) is 11.9 Å². The summed E-state index contributed by atoms with van der Waals surface area (Å²) >= 11 is 1.74. The van der Waals surface area contributed by atoms with Crippen LogP contribution in [0.2, 0.25) is 0 Å². The molecule has 1 atom stereocenters. The Labute approximate surface area is 154 Å². The average molecular weight is 357 g/mol. The third-order valence-electron chi connectivity index (χ3n) is 4.87. The largest absolute Gasteiger partial charge is 0.351 e. The Morgan fingerprint density at radius 3 is 2.68 bits per heavy atom. The summed E-state index contributed by atoms with van der Waals surface area (Å²) in [5.41, 5.74) is 5.48. The molecule has 0 saturated carbocycles. The van der Waals surface area contributed by atoms with Gasteiger partial charge in [-0.25, -0.2) is 4.98 Å². The quantitative estimate of drug-likeness (QED) is 0.641. The number of aromatic nitrogens is 1. The van der Waals surface area contributed by atoms with Gasteiger partial charge in [0.2, 0.25) is 0 Å². The molecule has 3 rings (SSSR count). The van der Waals surface area contributed by atoms with E-state index < -0.39 is 0 Å². The second-order valence-electron chi connectivity index (χ2n) is 6.77. The number of guanidine groups is 1. The molecule has 1 aliphatic carbocycles. The van der Waals surface area contributed by atoms with Crippen LogP contribution in [0.15, 0.2) is 23.2 Å². The molecule has 4 nitrogen and oxygen atoms in total. The summed E-state index contributed by atoms with van der Waals surface area (Å²) in [4.78, 5) is 10.1. The first-order valence-electron chi connectivity index (χ1n) is 9.08. The van der Waals surface area contributed by atoms with Crippen molar-refractivity contribution in [2.45, 2.75) is 59.0 Å². The summed E-state index contributed by atoms with van der Waals surface area (Å²) in [7, 11) is 1.82. The fourth-order valence-corrected chi connectivity index (χ4v) is 4.28. The highest BCUT2D eigenvalue weighted by Gasteiger charge is 2.14. The third kappa shape index (κ3) is 4.40. The number of aliphatic imine (C=N–C) groups is 1. The molecule has 5 heteroatoms. The second kappa shape index (κ2) is 8.00. The van der Waals surface area contributed by atoms with E-state index in [0.717, 1.165) is 23.2 Å². The van der Waals surface area contributed by atoms with Gasteiger partial charge in [-0.2, -0.15) is 0 Å². The number of benzene rings is 1. The number of fused-ring (bicyclic) bond motifs is 1. The maximum Gasteiger partial charge on any atom is 0.191 e. The zero-order valence-electron chi connectivity index (χ0n) is 15.6. The van der Waals surface area contributed by atoms with Crippen LogP contribution in [0.3, 0.4) is 0 Å². The smallest absolute Gasteiger partial charge is 0.191 e. The van der Waals surface area contributed by atoms with Crippen molar-refractivity contribution >= 4 is 17.3 Å². The number of hydrogen-bond donors (Lipinski definition) is 2. The van der Waals surface area contributed by atoms with E-state index in [1.54, 1.807) is 11.3 Å². The first kappa shape index (κ1) is 17.9. The van der Waals surface area contributed by atoms with E-state index >= 15 is 0 Å². The molecule has 134 valence electrons. The Balaban J connectivity index is 1.62. The molecular formula is C20H28N4S. The van der Waals surface area contributed by atoms with Crippen molar-refractivity contribution in [2.75, 3.05) is 7.05 Å². The van der Waals surface area contributed by atoms with Crippen LogP contribution in [0, 0.1) is 13.8 Å². The van der Waals surface area contributed by atoms with Crippen LogP contribution < -0.4 is 10.6 Å². The molecule has 25 heavy (non-hydrogen) atoms. The predicted octanol–water partition coefficient (Wildman–Crippen LogP) is 4.06. The van der Waals surface area contributed by atoms with Gasteiger partial charge in [-0.1, -0.05) is 18.2 Å². The number of nitrogens with one attached hydrogen (secondary N) is 2. The highest BCUT2D eigenvalue weighted by molar-refractivity contribution is 7.11. The summed E-state index contributed by atoms with van der Waals surface area (Å²) in [5, 5.41) is 8.03. The van der Waals surface area contributed by atoms with Crippen molar-refractivity contribution in [3.63, 3.8) is 0 Å². The maximum absolute atomic E-state index is 4.48. The van der Waals surface area contributed by atoms with Crippen LogP contribution in [-0.2, 0) is 19.4 Å². The molecule has 1 heterocycles. The Morgan fingerprint density at radius 1 is 1.24 bits per heavy atom.